The molecule has 0 N–H and O–H groups in total. The molecule has 3 heterocycles. The Labute approximate surface area is 157 Å². The monoisotopic (exact) mass is 385 g/mol. The highest BCUT2D eigenvalue weighted by atomic mass is 19.4. The normalized spacial score (nSPS) is 19.5. The van der Waals surface area contributed by atoms with Crippen LogP contribution >= 0.6 is 0 Å². The first-order valence-electron chi connectivity index (χ1n) is 9.40. The number of carbonyl (C=O) groups excluding carboxylic acids is 1. The van der Waals surface area contributed by atoms with Crippen LogP contribution in [0.4, 0.5) is 24.9 Å². The Balaban J connectivity index is 1.66. The Kier molecular flexibility index (Phi) is 5.76. The van der Waals surface area contributed by atoms with Gasteiger partial charge in [0, 0.05) is 52.8 Å². The average Bonchev–Trinajstić information content (AvgIpc) is 2.63. The van der Waals surface area contributed by atoms with Crippen LogP contribution in [0.1, 0.15) is 37.8 Å². The van der Waals surface area contributed by atoms with Gasteiger partial charge in [-0.1, -0.05) is 0 Å². The summed E-state index contributed by atoms with van der Waals surface area (Å²) in [5.41, 5.74) is -0.919. The minimum atomic E-state index is -4.50. The van der Waals surface area contributed by atoms with Crippen molar-refractivity contribution in [3.05, 3.63) is 11.8 Å². The van der Waals surface area contributed by atoms with E-state index in [-0.39, 0.29) is 17.7 Å². The maximum Gasteiger partial charge on any atom is 0.433 e. The lowest BCUT2D eigenvalue weighted by molar-refractivity contribution is -0.141. The molecule has 1 aromatic heterocycles. The van der Waals surface area contributed by atoms with E-state index in [1.54, 1.807) is 19.0 Å². The molecule has 6 nitrogen and oxygen atoms in total. The summed E-state index contributed by atoms with van der Waals surface area (Å²) >= 11 is 0. The lowest BCUT2D eigenvalue weighted by atomic mass is 9.95. The van der Waals surface area contributed by atoms with Gasteiger partial charge in [0.15, 0.2) is 5.69 Å². The Bertz CT molecular complexity index is 671. The lowest BCUT2D eigenvalue weighted by Crippen LogP contribution is -2.43. The Hall–Kier alpha value is -2.06. The third kappa shape index (κ3) is 4.81. The second-order valence-corrected chi connectivity index (χ2v) is 7.53. The fourth-order valence-corrected chi connectivity index (χ4v) is 3.62. The molecule has 150 valence electrons. The van der Waals surface area contributed by atoms with Crippen LogP contribution in [-0.4, -0.2) is 61.0 Å². The molecule has 0 aliphatic carbocycles. The van der Waals surface area contributed by atoms with Gasteiger partial charge in [-0.15, -0.1) is 0 Å². The Morgan fingerprint density at radius 1 is 1.15 bits per heavy atom. The first-order valence-corrected chi connectivity index (χ1v) is 9.40. The number of likely N-dealkylation sites (tertiary alicyclic amines) is 1. The molecule has 9 heteroatoms. The van der Waals surface area contributed by atoms with E-state index in [2.05, 4.69) is 9.97 Å². The van der Waals surface area contributed by atoms with Gasteiger partial charge in [-0.05, 0) is 31.6 Å². The molecular weight excluding hydrogens is 359 g/mol. The predicted molar refractivity (Wildman–Crippen MR) is 96.7 cm³/mol. The van der Waals surface area contributed by atoms with E-state index in [4.69, 9.17) is 0 Å². The van der Waals surface area contributed by atoms with E-state index in [0.29, 0.717) is 25.4 Å². The average molecular weight is 385 g/mol. The minimum Gasteiger partial charge on any atom is -0.363 e. The molecule has 2 saturated heterocycles. The van der Waals surface area contributed by atoms with Crippen LogP contribution in [0.15, 0.2) is 6.07 Å². The summed E-state index contributed by atoms with van der Waals surface area (Å²) in [5, 5.41) is 0. The van der Waals surface area contributed by atoms with Crippen molar-refractivity contribution >= 4 is 17.7 Å². The maximum absolute atomic E-state index is 13.2. The van der Waals surface area contributed by atoms with E-state index in [1.165, 1.54) is 0 Å². The topological polar surface area (TPSA) is 52.6 Å². The molecule has 0 atom stereocenters. The van der Waals surface area contributed by atoms with Crippen LogP contribution < -0.4 is 9.80 Å². The molecule has 27 heavy (non-hydrogen) atoms. The van der Waals surface area contributed by atoms with Crippen LogP contribution in [0.5, 0.6) is 0 Å². The largest absolute Gasteiger partial charge is 0.433 e. The number of piperidine rings is 2. The first-order chi connectivity index (χ1) is 12.7. The standard InChI is InChI=1S/C18H26F3N5O/c1-24(2)15-11-14(18(19,20)21)22-17(23-15)25-9-6-13(7-10-25)12-26-8-4-3-5-16(26)27/h11,13H,3-10,12H2,1-2H3. The fourth-order valence-electron chi connectivity index (χ4n) is 3.62. The zero-order chi connectivity index (χ0) is 19.6. The van der Waals surface area contributed by atoms with Gasteiger partial charge < -0.3 is 14.7 Å². The van der Waals surface area contributed by atoms with Crippen LogP contribution in [0.25, 0.3) is 0 Å². The van der Waals surface area contributed by atoms with Gasteiger partial charge in [0.2, 0.25) is 11.9 Å². The zero-order valence-electron chi connectivity index (χ0n) is 15.8. The van der Waals surface area contributed by atoms with E-state index in [0.717, 1.165) is 44.8 Å². The summed E-state index contributed by atoms with van der Waals surface area (Å²) in [4.78, 5) is 25.3. The van der Waals surface area contributed by atoms with Crippen molar-refractivity contribution in [1.82, 2.24) is 14.9 Å². The summed E-state index contributed by atoms with van der Waals surface area (Å²) in [6.07, 6.45) is -0.216. The molecule has 0 spiro atoms. The number of halogens is 3. The van der Waals surface area contributed by atoms with Crippen molar-refractivity contribution in [3.8, 4) is 0 Å². The van der Waals surface area contributed by atoms with Gasteiger partial charge in [-0.25, -0.2) is 4.98 Å². The number of rotatable bonds is 4. The second-order valence-electron chi connectivity index (χ2n) is 7.53. The highest BCUT2D eigenvalue weighted by Crippen LogP contribution is 2.32. The quantitative estimate of drug-likeness (QED) is 0.798. The number of anilines is 2. The summed E-state index contributed by atoms with van der Waals surface area (Å²) < 4.78 is 39.5. The summed E-state index contributed by atoms with van der Waals surface area (Å²) in [5.74, 6) is 0.970. The molecule has 0 unspecified atom stereocenters. The number of amides is 1. The van der Waals surface area contributed by atoms with Crippen molar-refractivity contribution in [2.45, 2.75) is 38.3 Å². The summed E-state index contributed by atoms with van der Waals surface area (Å²) in [7, 11) is 3.32. The van der Waals surface area contributed by atoms with Crippen molar-refractivity contribution in [3.63, 3.8) is 0 Å². The van der Waals surface area contributed by atoms with Crippen LogP contribution in [0.2, 0.25) is 0 Å². The van der Waals surface area contributed by atoms with Gasteiger partial charge in [-0.2, -0.15) is 18.2 Å². The molecule has 2 fully saturated rings. The smallest absolute Gasteiger partial charge is 0.363 e. The number of alkyl halides is 3. The zero-order valence-corrected chi connectivity index (χ0v) is 15.8. The minimum absolute atomic E-state index is 0.126. The second kappa shape index (κ2) is 7.90. The highest BCUT2D eigenvalue weighted by Gasteiger charge is 2.35. The Morgan fingerprint density at radius 3 is 2.44 bits per heavy atom. The van der Waals surface area contributed by atoms with E-state index in [9.17, 15) is 18.0 Å². The number of carbonyl (C=O) groups is 1. The van der Waals surface area contributed by atoms with E-state index < -0.39 is 11.9 Å². The molecule has 0 bridgehead atoms. The highest BCUT2D eigenvalue weighted by molar-refractivity contribution is 5.76. The third-order valence-corrected chi connectivity index (χ3v) is 5.25. The molecule has 0 aromatic carbocycles. The molecule has 0 radical (unpaired) electrons. The van der Waals surface area contributed by atoms with Crippen LogP contribution in [0.3, 0.4) is 0 Å². The maximum atomic E-state index is 13.2. The van der Waals surface area contributed by atoms with Crippen molar-refractivity contribution < 1.29 is 18.0 Å². The van der Waals surface area contributed by atoms with Gasteiger partial charge in [0.1, 0.15) is 5.82 Å². The fraction of sp³-hybridized carbons (Fsp3) is 0.722. The van der Waals surface area contributed by atoms with E-state index >= 15 is 0 Å². The molecule has 0 saturated carbocycles. The van der Waals surface area contributed by atoms with Gasteiger partial charge in [0.25, 0.3) is 0 Å². The Morgan fingerprint density at radius 2 is 1.85 bits per heavy atom. The molecule has 1 amide bonds. The third-order valence-electron chi connectivity index (χ3n) is 5.25. The predicted octanol–water partition coefficient (Wildman–Crippen LogP) is 2.79. The van der Waals surface area contributed by atoms with Crippen molar-refractivity contribution in [1.29, 1.82) is 0 Å². The summed E-state index contributed by atoms with van der Waals surface area (Å²) in [6.45, 7) is 2.77. The molecule has 1 aromatic rings. The van der Waals surface area contributed by atoms with Gasteiger partial charge in [-0.3, -0.25) is 4.79 Å². The molecular formula is C18H26F3N5O. The van der Waals surface area contributed by atoms with Crippen LogP contribution in [0, 0.1) is 5.92 Å². The SMILES string of the molecule is CN(C)c1cc(C(F)(F)F)nc(N2CCC(CN3CCCCC3=O)CC2)n1. The molecule has 2 aliphatic rings. The first kappa shape index (κ1) is 19.7. The van der Waals surface area contributed by atoms with Crippen molar-refractivity contribution in [2.75, 3.05) is 50.1 Å². The molecule has 3 rings (SSSR count). The molecule has 2 aliphatic heterocycles. The van der Waals surface area contributed by atoms with E-state index in [1.807, 2.05) is 9.80 Å². The van der Waals surface area contributed by atoms with Crippen molar-refractivity contribution in [2.24, 2.45) is 5.92 Å². The summed E-state index contributed by atoms with van der Waals surface area (Å²) in [6, 6.07) is 0.970. The van der Waals surface area contributed by atoms with Gasteiger partial charge in [0.05, 0.1) is 0 Å². The van der Waals surface area contributed by atoms with Crippen LogP contribution in [-0.2, 0) is 11.0 Å². The number of nitrogens with zero attached hydrogens (tertiary/aromatic N) is 5. The number of hydrogen-bond acceptors (Lipinski definition) is 5. The lowest BCUT2D eigenvalue weighted by Gasteiger charge is -2.36. The number of aromatic nitrogens is 2. The van der Waals surface area contributed by atoms with Gasteiger partial charge >= 0.3 is 6.18 Å². The number of hydrogen-bond donors (Lipinski definition) is 0.